The molecule has 0 aliphatic carbocycles. The summed E-state index contributed by atoms with van der Waals surface area (Å²) in [5, 5.41) is 0. The first-order valence-electron chi connectivity index (χ1n) is 3.76. The summed E-state index contributed by atoms with van der Waals surface area (Å²) in [6.45, 7) is -3.59. The van der Waals surface area contributed by atoms with E-state index in [-0.39, 0.29) is 6.54 Å². The van der Waals surface area contributed by atoms with Gasteiger partial charge in [-0.05, 0) is 0 Å². The van der Waals surface area contributed by atoms with Crippen molar-refractivity contribution in [1.29, 1.82) is 0 Å². The minimum atomic E-state index is -4.47. The maximum Gasteiger partial charge on any atom is 0.413 e. The Morgan fingerprint density at radius 1 is 0.867 bits per heavy atom. The molecule has 0 aliphatic rings. The molecular weight excluding hydrogens is 232 g/mol. The summed E-state index contributed by atoms with van der Waals surface area (Å²) in [6, 6.07) is 0. The smallest absolute Gasteiger partial charge is 0.371 e. The molecule has 0 aliphatic heterocycles. The number of alkyl halides is 6. The Bertz CT molecular complexity index is 150. The molecule has 92 valence electrons. The highest BCUT2D eigenvalue weighted by atomic mass is 19.4. The number of rotatable bonds is 6. The van der Waals surface area contributed by atoms with Crippen molar-refractivity contribution in [2.75, 3.05) is 26.4 Å². The van der Waals surface area contributed by atoms with Gasteiger partial charge in [0.2, 0.25) is 0 Å². The highest BCUT2D eigenvalue weighted by molar-refractivity contribution is 4.46. The van der Waals surface area contributed by atoms with Crippen LogP contribution in [0.25, 0.3) is 0 Å². The number of ether oxygens (including phenoxy) is 1. The van der Waals surface area contributed by atoms with Crippen LogP contribution in [0.2, 0.25) is 0 Å². The van der Waals surface area contributed by atoms with Crippen LogP contribution in [-0.2, 0) is 9.57 Å². The molecule has 1 N–H and O–H groups in total. The zero-order valence-electron chi connectivity index (χ0n) is 7.41. The molecule has 0 unspecified atom stereocenters. The van der Waals surface area contributed by atoms with E-state index in [1.165, 1.54) is 0 Å². The van der Waals surface area contributed by atoms with Gasteiger partial charge in [-0.1, -0.05) is 0 Å². The predicted molar refractivity (Wildman–Crippen MR) is 36.9 cm³/mol. The Morgan fingerprint density at radius 3 is 1.87 bits per heavy atom. The quantitative estimate of drug-likeness (QED) is 0.435. The number of halogens is 6. The summed E-state index contributed by atoms with van der Waals surface area (Å²) in [6.07, 6.45) is -8.91. The van der Waals surface area contributed by atoms with Gasteiger partial charge < -0.3 is 4.74 Å². The molecule has 3 nitrogen and oxygen atoms in total. The van der Waals surface area contributed by atoms with Crippen LogP contribution in [-0.4, -0.2) is 38.7 Å². The van der Waals surface area contributed by atoms with E-state index in [2.05, 4.69) is 9.57 Å². The maximum atomic E-state index is 11.5. The molecule has 0 aromatic rings. The van der Waals surface area contributed by atoms with Gasteiger partial charge in [0.25, 0.3) is 0 Å². The molecule has 0 amide bonds. The van der Waals surface area contributed by atoms with E-state index in [1.54, 1.807) is 0 Å². The van der Waals surface area contributed by atoms with E-state index < -0.39 is 32.2 Å². The zero-order chi connectivity index (χ0) is 11.9. The Labute approximate surface area is 81.3 Å². The topological polar surface area (TPSA) is 30.5 Å². The molecular formula is C6H9F6NO2. The van der Waals surface area contributed by atoms with Gasteiger partial charge >= 0.3 is 12.4 Å². The lowest BCUT2D eigenvalue weighted by molar-refractivity contribution is -0.193. The van der Waals surface area contributed by atoms with Gasteiger partial charge in [0.15, 0.2) is 6.61 Å². The maximum absolute atomic E-state index is 11.5. The van der Waals surface area contributed by atoms with Crippen LogP contribution in [0.3, 0.4) is 0 Å². The molecule has 0 heterocycles. The van der Waals surface area contributed by atoms with Gasteiger partial charge in [-0.3, -0.25) is 4.84 Å². The summed E-state index contributed by atoms with van der Waals surface area (Å²) < 4.78 is 72.8. The molecule has 15 heavy (non-hydrogen) atoms. The van der Waals surface area contributed by atoms with Gasteiger partial charge in [0.1, 0.15) is 6.61 Å². The van der Waals surface area contributed by atoms with Crippen LogP contribution in [0.5, 0.6) is 0 Å². The Morgan fingerprint density at radius 2 is 1.40 bits per heavy atom. The Kier molecular flexibility index (Phi) is 5.91. The summed E-state index contributed by atoms with van der Waals surface area (Å²) in [4.78, 5) is 3.89. The number of hydrogen-bond donors (Lipinski definition) is 1. The third kappa shape index (κ3) is 13.5. The lowest BCUT2D eigenvalue weighted by atomic mass is 10.7. The third-order valence-corrected chi connectivity index (χ3v) is 0.952. The molecule has 0 atom stereocenters. The van der Waals surface area contributed by atoms with Gasteiger partial charge in [-0.25, -0.2) is 0 Å². The minimum absolute atomic E-state index is 0.258. The van der Waals surface area contributed by atoms with Crippen LogP contribution in [0.4, 0.5) is 26.3 Å². The van der Waals surface area contributed by atoms with Crippen molar-refractivity contribution in [3.8, 4) is 0 Å². The lowest BCUT2D eigenvalue weighted by Crippen LogP contribution is -2.28. The van der Waals surface area contributed by atoms with Crippen molar-refractivity contribution < 1.29 is 35.9 Å². The second-order valence-electron chi connectivity index (χ2n) is 2.47. The molecule has 0 aromatic carbocycles. The lowest BCUT2D eigenvalue weighted by Gasteiger charge is -2.09. The van der Waals surface area contributed by atoms with Gasteiger partial charge in [0.05, 0.1) is 6.61 Å². The Balaban J connectivity index is 3.20. The van der Waals surface area contributed by atoms with Crippen molar-refractivity contribution in [2.45, 2.75) is 12.4 Å². The third-order valence-electron chi connectivity index (χ3n) is 0.952. The van der Waals surface area contributed by atoms with Crippen LogP contribution in [0.15, 0.2) is 0 Å². The first kappa shape index (κ1) is 14.5. The van der Waals surface area contributed by atoms with Crippen molar-refractivity contribution in [3.05, 3.63) is 0 Å². The molecule has 0 aromatic heterocycles. The van der Waals surface area contributed by atoms with Gasteiger partial charge in [0, 0.05) is 6.54 Å². The molecule has 0 spiro atoms. The van der Waals surface area contributed by atoms with Crippen LogP contribution in [0, 0.1) is 0 Å². The molecule has 0 radical (unpaired) electrons. The highest BCUT2D eigenvalue weighted by Gasteiger charge is 2.28. The predicted octanol–water partition coefficient (Wildman–Crippen LogP) is 1.65. The van der Waals surface area contributed by atoms with E-state index in [4.69, 9.17) is 0 Å². The summed E-state index contributed by atoms with van der Waals surface area (Å²) in [5.41, 5.74) is 1.82. The van der Waals surface area contributed by atoms with E-state index in [1.807, 2.05) is 5.48 Å². The minimum Gasteiger partial charge on any atom is -0.371 e. The Hall–Kier alpha value is -0.540. The van der Waals surface area contributed by atoms with Crippen molar-refractivity contribution in [2.24, 2.45) is 0 Å². The molecule has 0 saturated carbocycles. The van der Waals surface area contributed by atoms with Crippen LogP contribution < -0.4 is 5.48 Å². The monoisotopic (exact) mass is 241 g/mol. The van der Waals surface area contributed by atoms with Crippen molar-refractivity contribution >= 4 is 0 Å². The second-order valence-corrected chi connectivity index (χ2v) is 2.47. The zero-order valence-corrected chi connectivity index (χ0v) is 7.41. The molecule has 0 bridgehead atoms. The van der Waals surface area contributed by atoms with Crippen molar-refractivity contribution in [1.82, 2.24) is 5.48 Å². The van der Waals surface area contributed by atoms with Gasteiger partial charge in [-0.2, -0.15) is 31.8 Å². The van der Waals surface area contributed by atoms with Crippen LogP contribution in [0.1, 0.15) is 0 Å². The normalized spacial score (nSPS) is 13.2. The number of nitrogens with one attached hydrogen (secondary N) is 1. The fourth-order valence-electron chi connectivity index (χ4n) is 0.507. The summed E-state index contributed by atoms with van der Waals surface area (Å²) in [5.74, 6) is 0. The first-order chi connectivity index (χ1) is 6.71. The first-order valence-corrected chi connectivity index (χ1v) is 3.76. The fraction of sp³-hybridized carbons (Fsp3) is 1.00. The molecule has 9 heteroatoms. The standard InChI is InChI=1S/C6H9F6NO2/c7-5(8,9)3-14-2-1-13-15-4-6(10,11)12/h13H,1-4H2. The average molecular weight is 241 g/mol. The molecule has 0 rings (SSSR count). The summed E-state index contributed by atoms with van der Waals surface area (Å²) >= 11 is 0. The second kappa shape index (κ2) is 6.13. The molecule has 0 fully saturated rings. The van der Waals surface area contributed by atoms with E-state index in [0.717, 1.165) is 0 Å². The van der Waals surface area contributed by atoms with E-state index >= 15 is 0 Å². The molecule has 0 saturated heterocycles. The fourth-order valence-corrected chi connectivity index (χ4v) is 0.507. The van der Waals surface area contributed by atoms with E-state index in [0.29, 0.717) is 0 Å². The summed E-state index contributed by atoms with van der Waals surface area (Å²) in [7, 11) is 0. The average Bonchev–Trinajstić information content (AvgIpc) is 1.98. The largest absolute Gasteiger partial charge is 0.413 e. The van der Waals surface area contributed by atoms with E-state index in [9.17, 15) is 26.3 Å². The number of hydrogen-bond acceptors (Lipinski definition) is 3. The van der Waals surface area contributed by atoms with Crippen LogP contribution >= 0.6 is 0 Å². The van der Waals surface area contributed by atoms with Crippen molar-refractivity contribution in [3.63, 3.8) is 0 Å². The SMILES string of the molecule is FC(F)(F)COCCNOCC(F)(F)F. The van der Waals surface area contributed by atoms with Gasteiger partial charge in [-0.15, -0.1) is 0 Å². The number of hydroxylamine groups is 1. The highest BCUT2D eigenvalue weighted by Crippen LogP contribution is 2.14.